The summed E-state index contributed by atoms with van der Waals surface area (Å²) in [5, 5.41) is 0. The van der Waals surface area contributed by atoms with Crippen molar-refractivity contribution >= 4 is 63.7 Å². The van der Waals surface area contributed by atoms with Crippen molar-refractivity contribution in [3.63, 3.8) is 0 Å². The van der Waals surface area contributed by atoms with Crippen LogP contribution in [0.25, 0.3) is 0 Å². The first-order valence-electron chi connectivity index (χ1n) is 3.30. The Labute approximate surface area is 104 Å². The molecule has 2 atom stereocenters. The summed E-state index contributed by atoms with van der Waals surface area (Å²) in [5.41, 5.74) is 0. The number of halogens is 4. The Morgan fingerprint density at radius 2 is 1.92 bits per heavy atom. The first-order chi connectivity index (χ1) is 5.53. The fourth-order valence-corrected chi connectivity index (χ4v) is 3.71. The van der Waals surface area contributed by atoms with Crippen molar-refractivity contribution in [1.82, 2.24) is 0 Å². The van der Waals surface area contributed by atoms with Crippen LogP contribution in [0.5, 0.6) is 0 Å². The summed E-state index contributed by atoms with van der Waals surface area (Å²) in [6.07, 6.45) is 4.22. The Balaban J connectivity index is 2.51. The molecule has 0 N–H and O–H groups in total. The van der Waals surface area contributed by atoms with Crippen LogP contribution in [0.3, 0.4) is 0 Å². The molecule has 0 aromatic heterocycles. The van der Waals surface area contributed by atoms with Gasteiger partial charge in [-0.15, -0.1) is 0 Å². The van der Waals surface area contributed by atoms with Crippen molar-refractivity contribution in [1.29, 1.82) is 0 Å². The summed E-state index contributed by atoms with van der Waals surface area (Å²) >= 11 is 14.1. The molecule has 0 aliphatic carbocycles. The Hall–Kier alpha value is 1.36. The van der Waals surface area contributed by atoms with Crippen LogP contribution in [0.1, 0.15) is 0 Å². The van der Waals surface area contributed by atoms with Crippen molar-refractivity contribution in [2.45, 2.75) is 15.4 Å². The van der Waals surface area contributed by atoms with Crippen LogP contribution in [0.15, 0.2) is 21.1 Å². The molecule has 5 heteroatoms. The van der Waals surface area contributed by atoms with E-state index in [1.165, 1.54) is 0 Å². The molecular weight excluding hydrogens is 420 g/mol. The topological polar surface area (TPSA) is 9.23 Å². The fourth-order valence-electron chi connectivity index (χ4n) is 1.21. The van der Waals surface area contributed by atoms with Gasteiger partial charge < -0.3 is 4.74 Å². The van der Waals surface area contributed by atoms with Gasteiger partial charge in [0.05, 0.1) is 0 Å². The first kappa shape index (κ1) is 9.90. The third kappa shape index (κ3) is 1.32. The minimum absolute atomic E-state index is 0.0539. The minimum atomic E-state index is -0.317. The van der Waals surface area contributed by atoms with Crippen LogP contribution in [0.4, 0.5) is 0 Å². The van der Waals surface area contributed by atoms with E-state index in [4.69, 9.17) is 4.74 Å². The zero-order valence-electron chi connectivity index (χ0n) is 5.73. The predicted molar refractivity (Wildman–Crippen MR) is 63.3 cm³/mol. The molecule has 0 saturated carbocycles. The molecule has 0 radical (unpaired) electrons. The highest BCUT2D eigenvalue weighted by atomic mass is 79.9. The van der Waals surface area contributed by atoms with E-state index in [1.54, 1.807) is 0 Å². The third-order valence-electron chi connectivity index (χ3n) is 1.86. The van der Waals surface area contributed by atoms with Crippen LogP contribution in [-0.2, 0) is 4.74 Å². The molecule has 2 aliphatic rings. The van der Waals surface area contributed by atoms with E-state index in [9.17, 15) is 0 Å². The summed E-state index contributed by atoms with van der Waals surface area (Å²) in [6.45, 7) is 0. The van der Waals surface area contributed by atoms with Crippen LogP contribution >= 0.6 is 63.7 Å². The number of rotatable bonds is 0. The van der Waals surface area contributed by atoms with E-state index in [2.05, 4.69) is 63.7 Å². The van der Waals surface area contributed by atoms with E-state index in [0.717, 1.165) is 8.96 Å². The first-order valence-corrected chi connectivity index (χ1v) is 6.48. The average molecular weight is 424 g/mol. The van der Waals surface area contributed by atoms with Crippen molar-refractivity contribution in [3.8, 4) is 0 Å². The molecular formula is C7H4Br4O. The summed E-state index contributed by atoms with van der Waals surface area (Å²) in [4.78, 5) is 0. The van der Waals surface area contributed by atoms with Crippen molar-refractivity contribution in [2.75, 3.05) is 0 Å². The SMILES string of the molecule is BrC1=C(Br)C(Br)(Br)C2C=CC1O2. The van der Waals surface area contributed by atoms with Gasteiger partial charge in [0.15, 0.2) is 0 Å². The van der Waals surface area contributed by atoms with Gasteiger partial charge in [-0.2, -0.15) is 0 Å². The molecule has 2 unspecified atom stereocenters. The quantitative estimate of drug-likeness (QED) is 0.425. The van der Waals surface area contributed by atoms with E-state index in [-0.39, 0.29) is 15.4 Å². The predicted octanol–water partition coefficient (Wildman–Crippen LogP) is 3.81. The Kier molecular flexibility index (Phi) is 2.63. The van der Waals surface area contributed by atoms with Gasteiger partial charge >= 0.3 is 0 Å². The highest BCUT2D eigenvalue weighted by molar-refractivity contribution is 9.26. The molecule has 0 spiro atoms. The Morgan fingerprint density at radius 1 is 1.25 bits per heavy atom. The van der Waals surface area contributed by atoms with Gasteiger partial charge in [0.1, 0.15) is 15.4 Å². The molecule has 2 bridgehead atoms. The van der Waals surface area contributed by atoms with Gasteiger partial charge in [-0.3, -0.25) is 0 Å². The number of fused-ring (bicyclic) bond motifs is 2. The second-order valence-corrected chi connectivity index (χ2v) is 7.86. The smallest absolute Gasteiger partial charge is 0.142 e. The molecule has 12 heavy (non-hydrogen) atoms. The molecule has 0 aromatic rings. The van der Waals surface area contributed by atoms with Crippen LogP contribution in [-0.4, -0.2) is 15.4 Å². The molecule has 2 rings (SSSR count). The van der Waals surface area contributed by atoms with E-state index >= 15 is 0 Å². The maximum absolute atomic E-state index is 5.66. The van der Waals surface area contributed by atoms with Gasteiger partial charge in [0, 0.05) is 8.96 Å². The van der Waals surface area contributed by atoms with E-state index < -0.39 is 0 Å². The molecule has 1 nitrogen and oxygen atoms in total. The third-order valence-corrected chi connectivity index (χ3v) is 7.06. The lowest BCUT2D eigenvalue weighted by Crippen LogP contribution is -2.36. The Morgan fingerprint density at radius 3 is 2.58 bits per heavy atom. The summed E-state index contributed by atoms with van der Waals surface area (Å²) in [7, 11) is 0. The van der Waals surface area contributed by atoms with Crippen LogP contribution in [0.2, 0.25) is 0 Å². The molecule has 0 fully saturated rings. The lowest BCUT2D eigenvalue weighted by molar-refractivity contribution is 0.0773. The van der Waals surface area contributed by atoms with E-state index in [1.807, 2.05) is 12.2 Å². The maximum atomic E-state index is 5.66. The Bertz CT molecular complexity index is 281. The molecule has 2 aliphatic heterocycles. The standard InChI is InChI=1S/C7H4Br4O/c8-5-3-1-2-4(12-3)7(10,11)6(5)9/h1-4H. The van der Waals surface area contributed by atoms with Gasteiger partial charge in [-0.25, -0.2) is 0 Å². The summed E-state index contributed by atoms with van der Waals surface area (Å²) in [5.74, 6) is 0. The average Bonchev–Trinajstić information content (AvgIpc) is 2.46. The summed E-state index contributed by atoms with van der Waals surface area (Å²) < 4.78 is 7.42. The van der Waals surface area contributed by atoms with Crippen LogP contribution < -0.4 is 0 Å². The largest absolute Gasteiger partial charge is 0.359 e. The molecule has 66 valence electrons. The van der Waals surface area contributed by atoms with Gasteiger partial charge in [0.2, 0.25) is 0 Å². The number of ether oxygens (including phenoxy) is 1. The zero-order valence-corrected chi connectivity index (χ0v) is 12.1. The van der Waals surface area contributed by atoms with Gasteiger partial charge in [0.25, 0.3) is 0 Å². The van der Waals surface area contributed by atoms with Crippen LogP contribution in [0, 0.1) is 0 Å². The second-order valence-electron chi connectivity index (χ2n) is 2.65. The number of alkyl halides is 2. The van der Waals surface area contributed by atoms with E-state index in [0.29, 0.717) is 0 Å². The highest BCUT2D eigenvalue weighted by Gasteiger charge is 2.46. The van der Waals surface area contributed by atoms with Gasteiger partial charge in [-0.1, -0.05) is 75.9 Å². The lowest BCUT2D eigenvalue weighted by atomic mass is 10.2. The molecule has 0 aromatic carbocycles. The minimum Gasteiger partial charge on any atom is -0.359 e. The van der Waals surface area contributed by atoms with Crippen molar-refractivity contribution < 1.29 is 4.74 Å². The summed E-state index contributed by atoms with van der Waals surface area (Å²) in [6, 6.07) is 0. The highest BCUT2D eigenvalue weighted by Crippen LogP contribution is 2.52. The van der Waals surface area contributed by atoms with Crippen molar-refractivity contribution in [2.24, 2.45) is 0 Å². The van der Waals surface area contributed by atoms with Gasteiger partial charge in [-0.05, 0) is 0 Å². The molecule has 2 heterocycles. The molecule has 0 amide bonds. The normalized spacial score (nSPS) is 37.7. The number of hydrogen-bond donors (Lipinski definition) is 0. The second kappa shape index (κ2) is 3.19. The lowest BCUT2D eigenvalue weighted by Gasteiger charge is -2.33. The molecule has 0 saturated heterocycles. The fraction of sp³-hybridized carbons (Fsp3) is 0.429. The van der Waals surface area contributed by atoms with Crippen molar-refractivity contribution in [3.05, 3.63) is 21.1 Å². The zero-order chi connectivity index (χ0) is 8.93. The number of hydrogen-bond acceptors (Lipinski definition) is 1. The monoisotopic (exact) mass is 420 g/mol. The maximum Gasteiger partial charge on any atom is 0.142 e.